The van der Waals surface area contributed by atoms with Gasteiger partial charge in [-0.15, -0.1) is 0 Å². The van der Waals surface area contributed by atoms with Crippen LogP contribution in [0.3, 0.4) is 0 Å². The van der Waals surface area contributed by atoms with Gasteiger partial charge in [-0.25, -0.2) is 0 Å². The first-order valence-electron chi connectivity index (χ1n) is 7.91. The highest BCUT2D eigenvalue weighted by Gasteiger charge is 2.15. The van der Waals surface area contributed by atoms with Gasteiger partial charge in [-0.2, -0.15) is 5.26 Å². The summed E-state index contributed by atoms with van der Waals surface area (Å²) in [6, 6.07) is 13.4. The second-order valence-electron chi connectivity index (χ2n) is 5.33. The van der Waals surface area contributed by atoms with Gasteiger partial charge in [0.05, 0.1) is 33.8 Å². The predicted molar refractivity (Wildman–Crippen MR) is 105 cm³/mol. The molecule has 0 aliphatic heterocycles. The number of hydrogen-bond acceptors (Lipinski definition) is 5. The molecule has 2 N–H and O–H groups in total. The van der Waals surface area contributed by atoms with E-state index in [1.807, 2.05) is 36.4 Å². The molecule has 0 aliphatic rings. The van der Waals surface area contributed by atoms with Crippen LogP contribution in [0.5, 0.6) is 17.2 Å². The Hall–Kier alpha value is -2.98. The Morgan fingerprint density at radius 3 is 2.27 bits per heavy atom. The van der Waals surface area contributed by atoms with Crippen LogP contribution in [0.1, 0.15) is 11.1 Å². The van der Waals surface area contributed by atoms with Crippen molar-refractivity contribution in [3.8, 4) is 23.3 Å². The van der Waals surface area contributed by atoms with Crippen LogP contribution in [0.25, 0.3) is 0 Å². The molecule has 0 unspecified atom stereocenters. The molecule has 0 aliphatic carbocycles. The molecule has 26 heavy (non-hydrogen) atoms. The summed E-state index contributed by atoms with van der Waals surface area (Å²) >= 11 is 5.34. The van der Waals surface area contributed by atoms with Gasteiger partial charge in [0, 0.05) is 17.8 Å². The number of nitrogens with one attached hydrogen (secondary N) is 2. The molecule has 0 fully saturated rings. The van der Waals surface area contributed by atoms with Gasteiger partial charge in [0.1, 0.15) is 0 Å². The molecule has 0 bridgehead atoms. The van der Waals surface area contributed by atoms with E-state index in [0.717, 1.165) is 16.8 Å². The molecule has 0 saturated carbocycles. The zero-order valence-electron chi connectivity index (χ0n) is 15.0. The number of methoxy groups -OCH3 is 3. The third kappa shape index (κ3) is 4.77. The maximum absolute atomic E-state index is 8.70. The lowest BCUT2D eigenvalue weighted by Crippen LogP contribution is -2.28. The minimum atomic E-state index is 0.391. The summed E-state index contributed by atoms with van der Waals surface area (Å²) in [6.45, 7) is 0.460. The summed E-state index contributed by atoms with van der Waals surface area (Å²) in [5.74, 6) is 1.75. The van der Waals surface area contributed by atoms with Crippen LogP contribution in [-0.4, -0.2) is 26.4 Å². The number of rotatable bonds is 7. The molecule has 0 aromatic heterocycles. The Morgan fingerprint density at radius 2 is 1.69 bits per heavy atom. The first-order valence-corrected chi connectivity index (χ1v) is 8.32. The minimum Gasteiger partial charge on any atom is -0.493 e. The van der Waals surface area contributed by atoms with Crippen LogP contribution < -0.4 is 24.8 Å². The SMILES string of the molecule is COc1ccc(CNC(=S)Nc2ccc(CC#N)cc2)c(OC)c1OC. The molecule has 0 saturated heterocycles. The van der Waals surface area contributed by atoms with E-state index in [9.17, 15) is 0 Å². The summed E-state index contributed by atoms with van der Waals surface area (Å²) in [5.41, 5.74) is 2.70. The van der Waals surface area contributed by atoms with Gasteiger partial charge in [-0.05, 0) is 42.0 Å². The minimum absolute atomic E-state index is 0.391. The van der Waals surface area contributed by atoms with E-state index < -0.39 is 0 Å². The standard InChI is InChI=1S/C19H21N3O3S/c1-23-16-9-6-14(17(24-2)18(16)25-3)12-21-19(26)22-15-7-4-13(5-8-15)10-11-20/h4-9H,10,12H2,1-3H3,(H2,21,22,26). The fraction of sp³-hybridized carbons (Fsp3) is 0.263. The van der Waals surface area contributed by atoms with Crippen molar-refractivity contribution in [3.63, 3.8) is 0 Å². The predicted octanol–water partition coefficient (Wildman–Crippen LogP) is 3.27. The van der Waals surface area contributed by atoms with Crippen molar-refractivity contribution in [3.05, 3.63) is 47.5 Å². The van der Waals surface area contributed by atoms with Crippen LogP contribution in [0.15, 0.2) is 36.4 Å². The topological polar surface area (TPSA) is 75.5 Å². The third-order valence-corrected chi connectivity index (χ3v) is 3.97. The van der Waals surface area contributed by atoms with E-state index in [-0.39, 0.29) is 0 Å². The van der Waals surface area contributed by atoms with E-state index in [1.54, 1.807) is 21.3 Å². The van der Waals surface area contributed by atoms with Crippen LogP contribution >= 0.6 is 12.2 Å². The second kappa shape index (κ2) is 9.49. The van der Waals surface area contributed by atoms with Gasteiger partial charge >= 0.3 is 0 Å². The second-order valence-corrected chi connectivity index (χ2v) is 5.74. The summed E-state index contributed by atoms with van der Waals surface area (Å²) in [4.78, 5) is 0. The molecule has 2 aromatic carbocycles. The van der Waals surface area contributed by atoms with Crippen molar-refractivity contribution in [2.45, 2.75) is 13.0 Å². The van der Waals surface area contributed by atoms with E-state index in [4.69, 9.17) is 31.7 Å². The molecule has 7 heteroatoms. The van der Waals surface area contributed by atoms with Crippen molar-refractivity contribution in [1.82, 2.24) is 5.32 Å². The number of nitrogens with zero attached hydrogens (tertiary/aromatic N) is 1. The zero-order chi connectivity index (χ0) is 18.9. The Kier molecular flexibility index (Phi) is 7.06. The summed E-state index contributed by atoms with van der Waals surface area (Å²) in [6.07, 6.45) is 0.391. The summed E-state index contributed by atoms with van der Waals surface area (Å²) < 4.78 is 16.1. The van der Waals surface area contributed by atoms with Crippen LogP contribution in [0.2, 0.25) is 0 Å². The summed E-state index contributed by atoms with van der Waals surface area (Å²) in [5, 5.41) is 15.4. The smallest absolute Gasteiger partial charge is 0.203 e. The normalized spacial score (nSPS) is 9.77. The van der Waals surface area contributed by atoms with Crippen molar-refractivity contribution in [2.24, 2.45) is 0 Å². The first-order chi connectivity index (χ1) is 12.6. The number of ether oxygens (including phenoxy) is 3. The van der Waals surface area contributed by atoms with Crippen molar-refractivity contribution >= 4 is 23.0 Å². The van der Waals surface area contributed by atoms with Crippen LogP contribution in [0, 0.1) is 11.3 Å². The molecular weight excluding hydrogens is 350 g/mol. The van der Waals surface area contributed by atoms with Crippen molar-refractivity contribution < 1.29 is 14.2 Å². The Labute approximate surface area is 158 Å². The van der Waals surface area contributed by atoms with Gasteiger partial charge < -0.3 is 24.8 Å². The van der Waals surface area contributed by atoms with E-state index in [2.05, 4.69) is 16.7 Å². The molecule has 0 heterocycles. The number of anilines is 1. The number of hydrogen-bond donors (Lipinski definition) is 2. The van der Waals surface area contributed by atoms with E-state index in [1.165, 1.54) is 0 Å². The lowest BCUT2D eigenvalue weighted by molar-refractivity contribution is 0.322. The first kappa shape index (κ1) is 19.3. The lowest BCUT2D eigenvalue weighted by Gasteiger charge is -2.17. The van der Waals surface area contributed by atoms with E-state index in [0.29, 0.717) is 35.3 Å². The van der Waals surface area contributed by atoms with Gasteiger partial charge in [0.2, 0.25) is 5.75 Å². The Balaban J connectivity index is 2.02. The molecule has 2 aromatic rings. The molecule has 0 spiro atoms. The molecule has 136 valence electrons. The lowest BCUT2D eigenvalue weighted by atomic mass is 10.1. The molecule has 0 atom stereocenters. The molecular formula is C19H21N3O3S. The average molecular weight is 371 g/mol. The monoisotopic (exact) mass is 371 g/mol. The largest absolute Gasteiger partial charge is 0.493 e. The number of thiocarbonyl (C=S) groups is 1. The van der Waals surface area contributed by atoms with Crippen molar-refractivity contribution in [1.29, 1.82) is 5.26 Å². The van der Waals surface area contributed by atoms with Crippen molar-refractivity contribution in [2.75, 3.05) is 26.6 Å². The fourth-order valence-corrected chi connectivity index (χ4v) is 2.64. The van der Waals surface area contributed by atoms with Gasteiger partial charge in [-0.3, -0.25) is 0 Å². The maximum atomic E-state index is 8.70. The maximum Gasteiger partial charge on any atom is 0.203 e. The highest BCUT2D eigenvalue weighted by atomic mass is 32.1. The van der Waals surface area contributed by atoms with Crippen LogP contribution in [0.4, 0.5) is 5.69 Å². The highest BCUT2D eigenvalue weighted by molar-refractivity contribution is 7.80. The zero-order valence-corrected chi connectivity index (χ0v) is 15.8. The highest BCUT2D eigenvalue weighted by Crippen LogP contribution is 2.39. The fourth-order valence-electron chi connectivity index (χ4n) is 2.45. The number of nitriles is 1. The molecule has 0 amide bonds. The quantitative estimate of drug-likeness (QED) is 0.724. The Morgan fingerprint density at radius 1 is 1.00 bits per heavy atom. The number of benzene rings is 2. The van der Waals surface area contributed by atoms with Gasteiger partial charge in [-0.1, -0.05) is 12.1 Å². The van der Waals surface area contributed by atoms with Gasteiger partial charge in [0.15, 0.2) is 16.6 Å². The summed E-state index contributed by atoms with van der Waals surface area (Å²) in [7, 11) is 4.73. The third-order valence-electron chi connectivity index (χ3n) is 3.72. The van der Waals surface area contributed by atoms with E-state index >= 15 is 0 Å². The average Bonchev–Trinajstić information content (AvgIpc) is 2.67. The Bertz CT molecular complexity index is 801. The van der Waals surface area contributed by atoms with Gasteiger partial charge in [0.25, 0.3) is 0 Å². The molecule has 0 radical (unpaired) electrons. The van der Waals surface area contributed by atoms with Crippen LogP contribution in [-0.2, 0) is 13.0 Å². The molecule has 6 nitrogen and oxygen atoms in total. The molecule has 2 rings (SSSR count).